The van der Waals surface area contributed by atoms with Crippen LogP contribution in [0.1, 0.15) is 32.8 Å². The number of amides is 2. The van der Waals surface area contributed by atoms with E-state index in [2.05, 4.69) is 5.32 Å². The van der Waals surface area contributed by atoms with Crippen LogP contribution in [0.25, 0.3) is 0 Å². The Morgan fingerprint density at radius 3 is 2.29 bits per heavy atom. The molecular formula is C24H31ClN2O3S. The highest BCUT2D eigenvalue weighted by atomic mass is 35.5. The Kier molecular flexibility index (Phi) is 10.2. The van der Waals surface area contributed by atoms with Crippen molar-refractivity contribution in [2.75, 3.05) is 19.4 Å². The van der Waals surface area contributed by atoms with Crippen molar-refractivity contribution in [3.05, 3.63) is 59.1 Å². The van der Waals surface area contributed by atoms with E-state index in [-0.39, 0.29) is 11.8 Å². The molecular weight excluding hydrogens is 432 g/mol. The minimum atomic E-state index is -0.561. The number of carbonyl (C=O) groups is 2. The van der Waals surface area contributed by atoms with Crippen LogP contribution in [0, 0.1) is 5.92 Å². The minimum Gasteiger partial charge on any atom is -0.497 e. The molecule has 0 bridgehead atoms. The van der Waals surface area contributed by atoms with Gasteiger partial charge in [0.15, 0.2) is 0 Å². The van der Waals surface area contributed by atoms with Crippen LogP contribution in [0.3, 0.4) is 0 Å². The summed E-state index contributed by atoms with van der Waals surface area (Å²) in [5.74, 6) is 1.53. The van der Waals surface area contributed by atoms with Gasteiger partial charge >= 0.3 is 0 Å². The van der Waals surface area contributed by atoms with Crippen LogP contribution < -0.4 is 10.1 Å². The van der Waals surface area contributed by atoms with E-state index >= 15 is 0 Å². The van der Waals surface area contributed by atoms with Crippen LogP contribution in [0.15, 0.2) is 53.4 Å². The Morgan fingerprint density at radius 1 is 1.06 bits per heavy atom. The standard InChI is InChI=1S/C24H31ClN2O3S/c1-17(2)15-26-24(29)18(3)27(16-19-5-9-21(30-4)10-6-19)23(28)13-14-31-22-11-7-20(25)8-12-22/h5-12,17-18H,13-16H2,1-4H3,(H,26,29). The van der Waals surface area contributed by atoms with Crippen molar-refractivity contribution in [2.24, 2.45) is 5.92 Å². The first-order valence-electron chi connectivity index (χ1n) is 10.4. The monoisotopic (exact) mass is 462 g/mol. The number of ether oxygens (including phenoxy) is 1. The topological polar surface area (TPSA) is 58.6 Å². The minimum absolute atomic E-state index is 0.0514. The molecule has 5 nitrogen and oxygen atoms in total. The summed E-state index contributed by atoms with van der Waals surface area (Å²) in [4.78, 5) is 28.5. The summed E-state index contributed by atoms with van der Waals surface area (Å²) >= 11 is 7.52. The van der Waals surface area contributed by atoms with Gasteiger partial charge in [0.1, 0.15) is 11.8 Å². The first-order valence-corrected chi connectivity index (χ1v) is 11.7. The lowest BCUT2D eigenvalue weighted by Gasteiger charge is -2.29. The predicted molar refractivity (Wildman–Crippen MR) is 128 cm³/mol. The van der Waals surface area contributed by atoms with Gasteiger partial charge < -0.3 is 15.0 Å². The third-order valence-electron chi connectivity index (χ3n) is 4.76. The summed E-state index contributed by atoms with van der Waals surface area (Å²) in [7, 11) is 1.62. The Morgan fingerprint density at radius 2 is 1.71 bits per heavy atom. The molecule has 0 aliphatic rings. The van der Waals surface area contributed by atoms with E-state index in [9.17, 15) is 9.59 Å². The third kappa shape index (κ3) is 8.46. The first-order chi connectivity index (χ1) is 14.8. The molecule has 31 heavy (non-hydrogen) atoms. The van der Waals surface area contributed by atoms with Gasteiger partial charge in [-0.1, -0.05) is 37.6 Å². The molecule has 0 spiro atoms. The second-order valence-electron chi connectivity index (χ2n) is 7.74. The van der Waals surface area contributed by atoms with Gasteiger partial charge in [0, 0.05) is 35.2 Å². The highest BCUT2D eigenvalue weighted by Gasteiger charge is 2.26. The average molecular weight is 463 g/mol. The number of carbonyl (C=O) groups excluding carboxylic acids is 2. The smallest absolute Gasteiger partial charge is 0.242 e. The number of thioether (sulfide) groups is 1. The largest absolute Gasteiger partial charge is 0.497 e. The van der Waals surface area contributed by atoms with E-state index < -0.39 is 6.04 Å². The Balaban J connectivity index is 2.05. The fraction of sp³-hybridized carbons (Fsp3) is 0.417. The number of rotatable bonds is 11. The van der Waals surface area contributed by atoms with E-state index in [0.29, 0.717) is 36.2 Å². The maximum atomic E-state index is 13.1. The first kappa shape index (κ1) is 25.1. The van der Waals surface area contributed by atoms with Gasteiger partial charge in [-0.2, -0.15) is 0 Å². The zero-order valence-electron chi connectivity index (χ0n) is 18.6. The fourth-order valence-corrected chi connectivity index (χ4v) is 3.86. The molecule has 0 aliphatic carbocycles. The van der Waals surface area contributed by atoms with Crippen LogP contribution >= 0.6 is 23.4 Å². The summed E-state index contributed by atoms with van der Waals surface area (Å²) in [5, 5.41) is 3.63. The molecule has 0 aliphatic heterocycles. The molecule has 0 fully saturated rings. The number of hydrogen-bond acceptors (Lipinski definition) is 4. The molecule has 2 aromatic carbocycles. The maximum absolute atomic E-state index is 13.1. The van der Waals surface area contributed by atoms with E-state index in [1.165, 1.54) is 0 Å². The Bertz CT molecular complexity index is 841. The van der Waals surface area contributed by atoms with Crippen LogP contribution in [-0.2, 0) is 16.1 Å². The van der Waals surface area contributed by atoms with Gasteiger partial charge in [0.05, 0.1) is 7.11 Å². The molecule has 2 amide bonds. The summed E-state index contributed by atoms with van der Waals surface area (Å²) < 4.78 is 5.21. The van der Waals surface area contributed by atoms with Crippen molar-refractivity contribution < 1.29 is 14.3 Å². The summed E-state index contributed by atoms with van der Waals surface area (Å²) in [6.07, 6.45) is 0.339. The second kappa shape index (κ2) is 12.6. The number of nitrogens with zero attached hydrogens (tertiary/aromatic N) is 1. The van der Waals surface area contributed by atoms with Gasteiger partial charge in [-0.05, 0) is 54.8 Å². The van der Waals surface area contributed by atoms with Crippen LogP contribution in [0.4, 0.5) is 0 Å². The third-order valence-corrected chi connectivity index (χ3v) is 6.03. The van der Waals surface area contributed by atoms with E-state index in [4.69, 9.17) is 16.3 Å². The lowest BCUT2D eigenvalue weighted by Crippen LogP contribution is -2.48. The van der Waals surface area contributed by atoms with Gasteiger partial charge in [-0.3, -0.25) is 9.59 Å². The average Bonchev–Trinajstić information content (AvgIpc) is 2.77. The van der Waals surface area contributed by atoms with E-state index in [0.717, 1.165) is 16.2 Å². The van der Waals surface area contributed by atoms with E-state index in [1.807, 2.05) is 62.4 Å². The Labute approximate surface area is 194 Å². The quantitative estimate of drug-likeness (QED) is 0.476. The molecule has 1 atom stereocenters. The number of nitrogens with one attached hydrogen (secondary N) is 1. The van der Waals surface area contributed by atoms with Crippen molar-refractivity contribution in [1.82, 2.24) is 10.2 Å². The molecule has 1 unspecified atom stereocenters. The molecule has 0 saturated carbocycles. The van der Waals surface area contributed by atoms with Crippen molar-refractivity contribution in [2.45, 2.75) is 44.7 Å². The molecule has 168 valence electrons. The van der Waals surface area contributed by atoms with Gasteiger partial charge in [0.25, 0.3) is 0 Å². The predicted octanol–water partition coefficient (Wildman–Crippen LogP) is 5.02. The van der Waals surface area contributed by atoms with Crippen molar-refractivity contribution in [3.8, 4) is 5.75 Å². The molecule has 0 radical (unpaired) electrons. The van der Waals surface area contributed by atoms with Gasteiger partial charge in [-0.15, -0.1) is 11.8 Å². The van der Waals surface area contributed by atoms with Crippen LogP contribution in [0.2, 0.25) is 5.02 Å². The Hall–Kier alpha value is -2.18. The highest BCUT2D eigenvalue weighted by Crippen LogP contribution is 2.22. The molecule has 1 N–H and O–H groups in total. The number of halogens is 1. The van der Waals surface area contributed by atoms with Crippen molar-refractivity contribution in [1.29, 1.82) is 0 Å². The zero-order valence-corrected chi connectivity index (χ0v) is 20.1. The van der Waals surface area contributed by atoms with Gasteiger partial charge in [-0.25, -0.2) is 0 Å². The SMILES string of the molecule is COc1ccc(CN(C(=O)CCSc2ccc(Cl)cc2)C(C)C(=O)NCC(C)C)cc1. The van der Waals surface area contributed by atoms with Crippen molar-refractivity contribution in [3.63, 3.8) is 0 Å². The summed E-state index contributed by atoms with van der Waals surface area (Å²) in [6, 6.07) is 14.5. The van der Waals surface area contributed by atoms with Crippen molar-refractivity contribution >= 4 is 35.2 Å². The number of methoxy groups -OCH3 is 1. The maximum Gasteiger partial charge on any atom is 0.242 e. The van der Waals surface area contributed by atoms with Crippen LogP contribution in [0.5, 0.6) is 5.75 Å². The molecule has 7 heteroatoms. The molecule has 2 aromatic rings. The molecule has 2 rings (SSSR count). The summed E-state index contributed by atoms with van der Waals surface area (Å²) in [5.41, 5.74) is 0.947. The normalized spacial score (nSPS) is 11.8. The van der Waals surface area contributed by atoms with E-state index in [1.54, 1.807) is 30.7 Å². The lowest BCUT2D eigenvalue weighted by atomic mass is 10.1. The fourth-order valence-electron chi connectivity index (χ4n) is 2.89. The lowest BCUT2D eigenvalue weighted by molar-refractivity contribution is -0.140. The zero-order chi connectivity index (χ0) is 22.8. The summed E-state index contributed by atoms with van der Waals surface area (Å²) in [6.45, 7) is 6.81. The molecule has 0 aromatic heterocycles. The highest BCUT2D eigenvalue weighted by molar-refractivity contribution is 7.99. The number of benzene rings is 2. The molecule has 0 saturated heterocycles. The second-order valence-corrected chi connectivity index (χ2v) is 9.34. The van der Waals surface area contributed by atoms with Gasteiger partial charge in [0.2, 0.25) is 11.8 Å². The molecule has 0 heterocycles. The number of hydrogen-bond donors (Lipinski definition) is 1. The van der Waals surface area contributed by atoms with Crippen LogP contribution in [-0.4, -0.2) is 42.2 Å².